The summed E-state index contributed by atoms with van der Waals surface area (Å²) in [5.74, 6) is -3.22. The molecule has 0 atom stereocenters. The molecule has 32 heavy (non-hydrogen) atoms. The summed E-state index contributed by atoms with van der Waals surface area (Å²) in [6.07, 6.45) is 3.19. The van der Waals surface area contributed by atoms with Crippen LogP contribution in [0, 0.1) is 29.2 Å². The van der Waals surface area contributed by atoms with Gasteiger partial charge in [0, 0.05) is 18.2 Å². The zero-order valence-electron chi connectivity index (χ0n) is 16.7. The van der Waals surface area contributed by atoms with Crippen molar-refractivity contribution in [2.45, 2.75) is 26.0 Å². The zero-order valence-corrected chi connectivity index (χ0v) is 17.4. The van der Waals surface area contributed by atoms with E-state index in [1.54, 1.807) is 0 Å². The van der Waals surface area contributed by atoms with E-state index in [1.165, 1.54) is 6.07 Å². The summed E-state index contributed by atoms with van der Waals surface area (Å²) in [5.41, 5.74) is -1.17. The Labute approximate surface area is 185 Å². The Morgan fingerprint density at radius 1 is 1.09 bits per heavy atom. The van der Waals surface area contributed by atoms with Crippen molar-refractivity contribution in [2.75, 3.05) is 6.54 Å². The lowest BCUT2D eigenvalue weighted by Gasteiger charge is -2.13. The van der Waals surface area contributed by atoms with Crippen LogP contribution in [0.5, 0.6) is 5.88 Å². The lowest BCUT2D eigenvalue weighted by Crippen LogP contribution is -2.23. The number of nitrogens with zero attached hydrogens (tertiary/aromatic N) is 2. The van der Waals surface area contributed by atoms with Crippen LogP contribution < -0.4 is 15.6 Å². The average Bonchev–Trinajstić information content (AvgIpc) is 3.55. The Balaban J connectivity index is 1.54. The highest BCUT2D eigenvalue weighted by Gasteiger charge is 2.21. The standard InChI is InChI=1S/C22H18ClF4N3O2/c23-19-21(32-10-14-3-4-15(24)7-16(14)25)29-11-30(22(19)31)20-17(26)5-13(6-18(20)27)9-28-8-12-1-2-12/h3-7,11-12,28H,1-2,8-10H2. The maximum atomic E-state index is 14.7. The molecule has 1 aliphatic carbocycles. The molecule has 0 amide bonds. The quantitative estimate of drug-likeness (QED) is 0.495. The molecule has 0 unspecified atom stereocenters. The van der Waals surface area contributed by atoms with Gasteiger partial charge in [-0.3, -0.25) is 9.36 Å². The summed E-state index contributed by atoms with van der Waals surface area (Å²) in [5, 5.41) is 2.60. The molecule has 1 heterocycles. The maximum Gasteiger partial charge on any atom is 0.280 e. The van der Waals surface area contributed by atoms with Gasteiger partial charge in [-0.05, 0) is 55.1 Å². The highest BCUT2D eigenvalue weighted by Crippen LogP contribution is 2.28. The minimum atomic E-state index is -0.964. The average molecular weight is 468 g/mol. The normalized spacial score (nSPS) is 13.4. The summed E-state index contributed by atoms with van der Waals surface area (Å²) in [6.45, 7) is 0.700. The van der Waals surface area contributed by atoms with E-state index in [9.17, 15) is 22.4 Å². The van der Waals surface area contributed by atoms with Crippen molar-refractivity contribution < 1.29 is 22.3 Å². The van der Waals surface area contributed by atoms with E-state index in [4.69, 9.17) is 16.3 Å². The van der Waals surface area contributed by atoms with Crippen LogP contribution >= 0.6 is 11.6 Å². The minimum Gasteiger partial charge on any atom is -0.471 e. The van der Waals surface area contributed by atoms with Gasteiger partial charge in [-0.25, -0.2) is 22.5 Å². The molecule has 1 aromatic heterocycles. The molecule has 0 aliphatic heterocycles. The smallest absolute Gasteiger partial charge is 0.280 e. The second kappa shape index (κ2) is 9.30. The number of ether oxygens (including phenoxy) is 1. The fraction of sp³-hybridized carbons (Fsp3) is 0.273. The molecule has 0 bridgehead atoms. The molecule has 1 saturated carbocycles. The van der Waals surface area contributed by atoms with Crippen LogP contribution in [0.1, 0.15) is 24.0 Å². The van der Waals surface area contributed by atoms with E-state index >= 15 is 0 Å². The highest BCUT2D eigenvalue weighted by atomic mass is 35.5. The third kappa shape index (κ3) is 4.94. The van der Waals surface area contributed by atoms with Crippen LogP contribution in [0.15, 0.2) is 41.5 Å². The van der Waals surface area contributed by atoms with Crippen LogP contribution in [0.4, 0.5) is 17.6 Å². The second-order valence-corrected chi connectivity index (χ2v) is 7.92. The Bertz CT molecular complexity index is 1190. The Morgan fingerprint density at radius 2 is 1.81 bits per heavy atom. The lowest BCUT2D eigenvalue weighted by molar-refractivity contribution is 0.286. The van der Waals surface area contributed by atoms with Gasteiger partial charge in [-0.2, -0.15) is 0 Å². The molecular formula is C22H18ClF4N3O2. The molecule has 1 N–H and O–H groups in total. The van der Waals surface area contributed by atoms with Gasteiger partial charge < -0.3 is 10.1 Å². The first-order valence-electron chi connectivity index (χ1n) is 9.86. The van der Waals surface area contributed by atoms with E-state index in [1.807, 2.05) is 0 Å². The molecule has 0 spiro atoms. The molecule has 5 nitrogen and oxygen atoms in total. The van der Waals surface area contributed by atoms with Crippen LogP contribution in [-0.4, -0.2) is 16.1 Å². The van der Waals surface area contributed by atoms with E-state index in [2.05, 4.69) is 10.3 Å². The van der Waals surface area contributed by atoms with Crippen molar-refractivity contribution in [3.8, 4) is 11.6 Å². The van der Waals surface area contributed by atoms with Crippen LogP contribution in [0.25, 0.3) is 5.69 Å². The van der Waals surface area contributed by atoms with E-state index in [0.29, 0.717) is 28.7 Å². The number of halogens is 5. The highest BCUT2D eigenvalue weighted by molar-refractivity contribution is 6.31. The molecule has 1 fully saturated rings. The largest absolute Gasteiger partial charge is 0.471 e. The molecule has 10 heteroatoms. The van der Waals surface area contributed by atoms with Crippen LogP contribution in [-0.2, 0) is 13.2 Å². The molecular weight excluding hydrogens is 450 g/mol. The Morgan fingerprint density at radius 3 is 2.47 bits per heavy atom. The summed E-state index contributed by atoms with van der Waals surface area (Å²) < 4.78 is 61.9. The molecule has 168 valence electrons. The molecule has 4 rings (SSSR count). The number of nitrogens with one attached hydrogen (secondary N) is 1. The summed E-state index contributed by atoms with van der Waals surface area (Å²) in [4.78, 5) is 16.4. The fourth-order valence-electron chi connectivity index (χ4n) is 3.15. The van der Waals surface area contributed by atoms with E-state index < -0.39 is 39.5 Å². The number of benzene rings is 2. The zero-order chi connectivity index (χ0) is 22.8. The van der Waals surface area contributed by atoms with Crippen molar-refractivity contribution in [3.63, 3.8) is 0 Å². The molecule has 0 radical (unpaired) electrons. The molecule has 3 aromatic rings. The first kappa shape index (κ1) is 22.3. The van der Waals surface area contributed by atoms with Crippen molar-refractivity contribution >= 4 is 11.6 Å². The Hall–Kier alpha value is -2.91. The van der Waals surface area contributed by atoms with Gasteiger partial charge in [0.1, 0.15) is 30.3 Å². The first-order chi connectivity index (χ1) is 15.3. The van der Waals surface area contributed by atoms with Crippen LogP contribution in [0.2, 0.25) is 5.02 Å². The van der Waals surface area contributed by atoms with Gasteiger partial charge >= 0.3 is 0 Å². The Kier molecular flexibility index (Phi) is 6.48. The predicted molar refractivity (Wildman–Crippen MR) is 110 cm³/mol. The number of hydrogen-bond acceptors (Lipinski definition) is 4. The minimum absolute atomic E-state index is 0.0106. The van der Waals surface area contributed by atoms with Crippen LogP contribution in [0.3, 0.4) is 0 Å². The van der Waals surface area contributed by atoms with E-state index in [-0.39, 0.29) is 18.1 Å². The molecule has 1 aliphatic rings. The maximum absolute atomic E-state index is 14.7. The second-order valence-electron chi connectivity index (χ2n) is 7.55. The monoisotopic (exact) mass is 467 g/mol. The first-order valence-corrected chi connectivity index (χ1v) is 10.2. The van der Waals surface area contributed by atoms with Gasteiger partial charge in [0.15, 0.2) is 16.7 Å². The third-order valence-corrected chi connectivity index (χ3v) is 5.36. The van der Waals surface area contributed by atoms with Gasteiger partial charge in [0.25, 0.3) is 5.56 Å². The van der Waals surface area contributed by atoms with Gasteiger partial charge in [-0.15, -0.1) is 0 Å². The van der Waals surface area contributed by atoms with Gasteiger partial charge in [-0.1, -0.05) is 11.6 Å². The topological polar surface area (TPSA) is 56.1 Å². The summed E-state index contributed by atoms with van der Waals surface area (Å²) in [6, 6.07) is 5.18. The van der Waals surface area contributed by atoms with Gasteiger partial charge in [0.05, 0.1) is 0 Å². The van der Waals surface area contributed by atoms with Gasteiger partial charge in [0.2, 0.25) is 5.88 Å². The molecule has 2 aromatic carbocycles. The SMILES string of the molecule is O=c1c(Cl)c(OCc2ccc(F)cc2F)ncn1-c1c(F)cc(CNCC2CC2)cc1F. The van der Waals surface area contributed by atoms with Crippen molar-refractivity contribution in [3.05, 3.63) is 86.4 Å². The summed E-state index contributed by atoms with van der Waals surface area (Å²) >= 11 is 5.99. The van der Waals surface area contributed by atoms with Crippen molar-refractivity contribution in [1.82, 2.24) is 14.9 Å². The molecule has 0 saturated heterocycles. The number of aromatic nitrogens is 2. The fourth-order valence-corrected chi connectivity index (χ4v) is 3.35. The number of rotatable bonds is 8. The van der Waals surface area contributed by atoms with Crippen molar-refractivity contribution in [2.24, 2.45) is 5.92 Å². The van der Waals surface area contributed by atoms with Crippen molar-refractivity contribution in [1.29, 1.82) is 0 Å². The lowest BCUT2D eigenvalue weighted by atomic mass is 10.1. The van der Waals surface area contributed by atoms with E-state index in [0.717, 1.165) is 43.9 Å². The number of hydrogen-bond donors (Lipinski definition) is 1. The predicted octanol–water partition coefficient (Wildman–Crippen LogP) is 4.52. The summed E-state index contributed by atoms with van der Waals surface area (Å²) in [7, 11) is 0. The third-order valence-electron chi connectivity index (χ3n) is 5.04.